The van der Waals surface area contributed by atoms with Gasteiger partial charge in [0.15, 0.2) is 5.78 Å². The molecule has 1 saturated carbocycles. The van der Waals surface area contributed by atoms with Crippen LogP contribution in [0.4, 0.5) is 0 Å². The van der Waals surface area contributed by atoms with Crippen molar-refractivity contribution in [2.24, 2.45) is 0 Å². The van der Waals surface area contributed by atoms with Gasteiger partial charge in [0, 0.05) is 0 Å². The molecule has 0 aromatic carbocycles. The average Bonchev–Trinajstić information content (AvgIpc) is 2.63. The van der Waals surface area contributed by atoms with Crippen LogP contribution in [0.25, 0.3) is 0 Å². The number of rotatable bonds is 0. The van der Waals surface area contributed by atoms with Gasteiger partial charge in [-0.3, -0.25) is 4.79 Å². The summed E-state index contributed by atoms with van der Waals surface area (Å²) < 4.78 is 6.45. The monoisotopic (exact) mass is 228 g/mol. The Morgan fingerprint density at radius 1 is 1.12 bits per heavy atom. The molecule has 4 aliphatic rings. The van der Waals surface area contributed by atoms with Crippen molar-refractivity contribution in [2.45, 2.75) is 49.7 Å². The van der Waals surface area contributed by atoms with Gasteiger partial charge in [-0.15, -0.1) is 0 Å². The van der Waals surface area contributed by atoms with E-state index in [-0.39, 0.29) is 17.0 Å². The first kappa shape index (κ1) is 9.84. The SMILES string of the molecule is O=C1C=C[C@]23CC[C@@]4(CCCCC4=CC2=C1)O3. The summed E-state index contributed by atoms with van der Waals surface area (Å²) in [6.07, 6.45) is 14.7. The van der Waals surface area contributed by atoms with Gasteiger partial charge < -0.3 is 4.74 Å². The van der Waals surface area contributed by atoms with Crippen LogP contribution in [0.2, 0.25) is 0 Å². The summed E-state index contributed by atoms with van der Waals surface area (Å²) in [4.78, 5) is 11.5. The third-order valence-corrected chi connectivity index (χ3v) is 4.77. The molecule has 17 heavy (non-hydrogen) atoms. The predicted octanol–water partition coefficient (Wildman–Crippen LogP) is 2.85. The van der Waals surface area contributed by atoms with Crippen molar-refractivity contribution in [3.05, 3.63) is 35.5 Å². The maximum atomic E-state index is 11.5. The van der Waals surface area contributed by atoms with Crippen LogP contribution < -0.4 is 0 Å². The molecule has 0 unspecified atom stereocenters. The summed E-state index contributed by atoms with van der Waals surface area (Å²) in [6.45, 7) is 0. The Hall–Kier alpha value is -1.15. The fourth-order valence-electron chi connectivity index (χ4n) is 3.87. The van der Waals surface area contributed by atoms with Gasteiger partial charge in [-0.05, 0) is 67.9 Å². The second-order valence-corrected chi connectivity index (χ2v) is 5.70. The Balaban J connectivity index is 1.89. The fourth-order valence-corrected chi connectivity index (χ4v) is 3.87. The molecule has 2 bridgehead atoms. The lowest BCUT2D eigenvalue weighted by atomic mass is 9.77. The molecule has 1 saturated heterocycles. The van der Waals surface area contributed by atoms with Gasteiger partial charge in [-0.25, -0.2) is 0 Å². The Kier molecular flexibility index (Phi) is 1.73. The quantitative estimate of drug-likeness (QED) is 0.637. The fraction of sp³-hybridized carbons (Fsp3) is 0.533. The molecule has 0 amide bonds. The van der Waals surface area contributed by atoms with Crippen LogP contribution >= 0.6 is 0 Å². The second-order valence-electron chi connectivity index (χ2n) is 5.70. The molecule has 2 heterocycles. The molecule has 2 spiro atoms. The number of hydrogen-bond acceptors (Lipinski definition) is 2. The van der Waals surface area contributed by atoms with Gasteiger partial charge in [0.25, 0.3) is 0 Å². The molecule has 88 valence electrons. The van der Waals surface area contributed by atoms with Crippen LogP contribution in [-0.2, 0) is 9.53 Å². The minimum Gasteiger partial charge on any atom is -0.355 e. The van der Waals surface area contributed by atoms with Gasteiger partial charge in [-0.2, -0.15) is 0 Å². The zero-order valence-electron chi connectivity index (χ0n) is 9.87. The van der Waals surface area contributed by atoms with Crippen molar-refractivity contribution in [1.29, 1.82) is 0 Å². The Morgan fingerprint density at radius 3 is 3.00 bits per heavy atom. The molecular formula is C15H16O2. The highest BCUT2D eigenvalue weighted by Crippen LogP contribution is 2.56. The van der Waals surface area contributed by atoms with Gasteiger partial charge in [0.2, 0.25) is 0 Å². The van der Waals surface area contributed by atoms with Crippen molar-refractivity contribution >= 4 is 5.78 Å². The first-order valence-corrected chi connectivity index (χ1v) is 6.59. The third-order valence-electron chi connectivity index (χ3n) is 4.77. The molecule has 2 aliphatic heterocycles. The lowest BCUT2D eigenvalue weighted by molar-refractivity contribution is -0.111. The van der Waals surface area contributed by atoms with Crippen molar-refractivity contribution in [1.82, 2.24) is 0 Å². The minimum absolute atomic E-state index is 0.0142. The maximum absolute atomic E-state index is 11.5. The van der Waals surface area contributed by atoms with E-state index in [0.29, 0.717) is 0 Å². The number of ketones is 1. The van der Waals surface area contributed by atoms with Crippen LogP contribution in [0.1, 0.15) is 38.5 Å². The van der Waals surface area contributed by atoms with Crippen molar-refractivity contribution < 1.29 is 9.53 Å². The van der Waals surface area contributed by atoms with Crippen LogP contribution in [0.15, 0.2) is 35.5 Å². The second kappa shape index (κ2) is 2.99. The molecule has 0 aromatic rings. The van der Waals surface area contributed by atoms with E-state index < -0.39 is 0 Å². The lowest BCUT2D eigenvalue weighted by Gasteiger charge is -2.43. The number of allylic oxidation sites excluding steroid dienone is 2. The van der Waals surface area contributed by atoms with E-state index in [1.165, 1.54) is 18.4 Å². The Morgan fingerprint density at radius 2 is 2.06 bits per heavy atom. The lowest BCUT2D eigenvalue weighted by Crippen LogP contribution is -2.43. The summed E-state index contributed by atoms with van der Waals surface area (Å²) in [5.41, 5.74) is 2.27. The zero-order valence-corrected chi connectivity index (χ0v) is 9.87. The predicted molar refractivity (Wildman–Crippen MR) is 64.6 cm³/mol. The molecule has 2 heteroatoms. The van der Waals surface area contributed by atoms with E-state index in [4.69, 9.17) is 4.74 Å². The third kappa shape index (κ3) is 1.17. The molecule has 2 nitrogen and oxygen atoms in total. The Labute approximate surface area is 101 Å². The van der Waals surface area contributed by atoms with Crippen LogP contribution in [0.5, 0.6) is 0 Å². The summed E-state index contributed by atoms with van der Waals surface area (Å²) in [6, 6.07) is 0. The van der Waals surface area contributed by atoms with Gasteiger partial charge in [0.1, 0.15) is 5.60 Å². The highest BCUT2D eigenvalue weighted by Gasteiger charge is 2.55. The van der Waals surface area contributed by atoms with Crippen LogP contribution in [0, 0.1) is 0 Å². The average molecular weight is 228 g/mol. The standard InChI is InChI=1S/C15H16O2/c16-13-4-6-15-8-7-14(17-15)5-2-1-3-11(14)9-12(15)10-13/h4,6,9-10H,1-3,5,7-8H2/t14-,15+/m1/s1. The number of hydrogen-bond donors (Lipinski definition) is 0. The summed E-state index contributed by atoms with van der Waals surface area (Å²) in [7, 11) is 0. The summed E-state index contributed by atoms with van der Waals surface area (Å²) in [5, 5.41) is 0. The van der Waals surface area contributed by atoms with Crippen LogP contribution in [0.3, 0.4) is 0 Å². The molecule has 2 atom stereocenters. The van der Waals surface area contributed by atoms with Crippen LogP contribution in [-0.4, -0.2) is 17.0 Å². The van der Waals surface area contributed by atoms with E-state index in [0.717, 1.165) is 31.3 Å². The number of carbonyl (C=O) groups excluding carboxylic acids is 1. The van der Waals surface area contributed by atoms with Crippen molar-refractivity contribution in [2.75, 3.05) is 0 Å². The topological polar surface area (TPSA) is 26.3 Å². The molecule has 4 rings (SSSR count). The van der Waals surface area contributed by atoms with E-state index >= 15 is 0 Å². The summed E-state index contributed by atoms with van der Waals surface area (Å²) >= 11 is 0. The van der Waals surface area contributed by atoms with E-state index in [9.17, 15) is 4.79 Å². The normalized spacial score (nSPS) is 42.7. The largest absolute Gasteiger partial charge is 0.355 e. The molecule has 0 radical (unpaired) electrons. The highest BCUT2D eigenvalue weighted by atomic mass is 16.5. The smallest absolute Gasteiger partial charge is 0.178 e. The first-order valence-electron chi connectivity index (χ1n) is 6.59. The molecular weight excluding hydrogens is 212 g/mol. The number of ether oxygens (including phenoxy) is 1. The molecule has 0 N–H and O–H groups in total. The Bertz CT molecular complexity index is 497. The van der Waals surface area contributed by atoms with Crippen molar-refractivity contribution in [3.8, 4) is 0 Å². The maximum Gasteiger partial charge on any atom is 0.178 e. The van der Waals surface area contributed by atoms with E-state index in [2.05, 4.69) is 6.08 Å². The van der Waals surface area contributed by atoms with Gasteiger partial charge >= 0.3 is 0 Å². The summed E-state index contributed by atoms with van der Waals surface area (Å²) in [5.74, 6) is 0.0984. The van der Waals surface area contributed by atoms with E-state index in [1.807, 2.05) is 6.08 Å². The first-order chi connectivity index (χ1) is 8.23. The number of carbonyl (C=O) groups is 1. The van der Waals surface area contributed by atoms with Gasteiger partial charge in [0.05, 0.1) is 5.60 Å². The molecule has 0 aromatic heterocycles. The minimum atomic E-state index is -0.269. The highest BCUT2D eigenvalue weighted by molar-refractivity contribution is 6.02. The molecule has 2 fully saturated rings. The molecule has 2 aliphatic carbocycles. The van der Waals surface area contributed by atoms with Crippen molar-refractivity contribution in [3.63, 3.8) is 0 Å². The zero-order chi connectivity index (χ0) is 11.5. The van der Waals surface area contributed by atoms with E-state index in [1.54, 1.807) is 12.2 Å². The van der Waals surface area contributed by atoms with Gasteiger partial charge in [-0.1, -0.05) is 6.08 Å².